The molecule has 6 heteroatoms. The van der Waals surface area contributed by atoms with Gasteiger partial charge >= 0.3 is 0 Å². The summed E-state index contributed by atoms with van der Waals surface area (Å²) >= 11 is 0. The minimum Gasteiger partial charge on any atom is -0.379 e. The number of amides is 1. The van der Waals surface area contributed by atoms with Gasteiger partial charge in [0.25, 0.3) is 0 Å². The number of nitrogens with one attached hydrogen (secondary N) is 2. The van der Waals surface area contributed by atoms with Crippen molar-refractivity contribution in [3.8, 4) is 0 Å². The van der Waals surface area contributed by atoms with Gasteiger partial charge in [0.05, 0.1) is 13.2 Å². The van der Waals surface area contributed by atoms with E-state index in [0.717, 1.165) is 38.4 Å². The zero-order valence-electron chi connectivity index (χ0n) is 16.9. The molecule has 0 heterocycles. The summed E-state index contributed by atoms with van der Waals surface area (Å²) in [6.45, 7) is 5.46. The van der Waals surface area contributed by atoms with Crippen LogP contribution in [0.5, 0.6) is 0 Å². The Morgan fingerprint density at radius 2 is 1.81 bits per heavy atom. The lowest BCUT2D eigenvalue weighted by molar-refractivity contribution is -0.123. The Labute approximate surface area is 158 Å². The van der Waals surface area contributed by atoms with Crippen molar-refractivity contribution in [2.45, 2.75) is 77.7 Å². The van der Waals surface area contributed by atoms with Crippen LogP contribution in [0.2, 0.25) is 0 Å². The first-order valence-electron chi connectivity index (χ1n) is 10.1. The average Bonchev–Trinajstić information content (AvgIpc) is 2.69. The molecule has 0 aromatic rings. The lowest BCUT2D eigenvalue weighted by Gasteiger charge is -2.26. The Bertz CT molecular complexity index is 380. The van der Waals surface area contributed by atoms with Crippen LogP contribution >= 0.6 is 0 Å². The van der Waals surface area contributed by atoms with Crippen LogP contribution in [0, 0.1) is 5.92 Å². The van der Waals surface area contributed by atoms with Gasteiger partial charge in [0, 0.05) is 37.8 Å². The number of rotatable bonds is 12. The van der Waals surface area contributed by atoms with Crippen LogP contribution in [0.15, 0.2) is 0 Å². The second kappa shape index (κ2) is 17.2. The highest BCUT2D eigenvalue weighted by Crippen LogP contribution is 2.25. The molecule has 0 bridgehead atoms. The molecule has 1 aliphatic rings. The molecule has 1 amide bonds. The molecule has 0 radical (unpaired) electrons. The molecule has 2 N–H and O–H groups in total. The molecule has 1 saturated carbocycles. The predicted molar refractivity (Wildman–Crippen MR) is 104 cm³/mol. The summed E-state index contributed by atoms with van der Waals surface area (Å²) in [4.78, 5) is 32.3. The third-order valence-electron chi connectivity index (χ3n) is 4.65. The summed E-state index contributed by atoms with van der Waals surface area (Å²) in [5.74, 6) is 0.912. The molecule has 0 spiro atoms. The van der Waals surface area contributed by atoms with Crippen molar-refractivity contribution in [1.82, 2.24) is 10.6 Å². The van der Waals surface area contributed by atoms with Gasteiger partial charge in [0.1, 0.15) is 12.1 Å². The van der Waals surface area contributed by atoms with Gasteiger partial charge < -0.3 is 20.2 Å². The maximum Gasteiger partial charge on any atom is 0.220 e. The fourth-order valence-corrected chi connectivity index (χ4v) is 2.91. The zero-order valence-corrected chi connectivity index (χ0v) is 16.9. The van der Waals surface area contributed by atoms with E-state index < -0.39 is 0 Å². The number of ketones is 1. The average molecular weight is 371 g/mol. The van der Waals surface area contributed by atoms with Crippen LogP contribution in [-0.2, 0) is 19.1 Å². The summed E-state index contributed by atoms with van der Waals surface area (Å²) in [7, 11) is 2.01. The van der Waals surface area contributed by atoms with E-state index in [1.807, 2.05) is 14.0 Å². The summed E-state index contributed by atoms with van der Waals surface area (Å²) in [6, 6.07) is 0.658. The molecule has 26 heavy (non-hydrogen) atoms. The highest BCUT2D eigenvalue weighted by Gasteiger charge is 2.23. The molecule has 0 aromatic carbocycles. The number of unbranched alkanes of at least 4 members (excludes halogenated alkanes) is 1. The van der Waals surface area contributed by atoms with E-state index in [-0.39, 0.29) is 5.91 Å². The number of aldehydes is 1. The van der Waals surface area contributed by atoms with Gasteiger partial charge in [-0.05, 0) is 39.2 Å². The van der Waals surface area contributed by atoms with Crippen molar-refractivity contribution in [1.29, 1.82) is 0 Å². The first kappa shape index (κ1) is 24.7. The lowest BCUT2D eigenvalue weighted by atomic mass is 9.83. The van der Waals surface area contributed by atoms with Crippen molar-refractivity contribution in [3.63, 3.8) is 0 Å². The van der Waals surface area contributed by atoms with Gasteiger partial charge in [0.15, 0.2) is 0 Å². The van der Waals surface area contributed by atoms with Crippen LogP contribution in [0.3, 0.4) is 0 Å². The second-order valence-corrected chi connectivity index (χ2v) is 6.68. The molecular formula is C20H38N2O4. The van der Waals surface area contributed by atoms with Gasteiger partial charge in [0.2, 0.25) is 5.91 Å². The highest BCUT2D eigenvalue weighted by molar-refractivity contribution is 5.80. The summed E-state index contributed by atoms with van der Waals surface area (Å²) in [5.41, 5.74) is 0. The minimum absolute atomic E-state index is 0.0748. The lowest BCUT2D eigenvalue weighted by Crippen LogP contribution is -2.32. The third kappa shape index (κ3) is 13.0. The van der Waals surface area contributed by atoms with Crippen LogP contribution in [0.1, 0.15) is 71.6 Å². The van der Waals surface area contributed by atoms with Crippen molar-refractivity contribution in [3.05, 3.63) is 0 Å². The maximum absolute atomic E-state index is 11.3. The normalized spacial score (nSPS) is 19.2. The topological polar surface area (TPSA) is 84.5 Å². The molecule has 0 aromatic heterocycles. The number of carbonyl (C=O) groups excluding carboxylic acids is 3. The largest absolute Gasteiger partial charge is 0.379 e. The van der Waals surface area contributed by atoms with E-state index in [4.69, 9.17) is 4.74 Å². The van der Waals surface area contributed by atoms with E-state index in [1.54, 1.807) is 0 Å². The smallest absolute Gasteiger partial charge is 0.220 e. The Kier molecular flexibility index (Phi) is 16.3. The van der Waals surface area contributed by atoms with Gasteiger partial charge in [-0.1, -0.05) is 20.3 Å². The number of carbonyl (C=O) groups is 3. The molecule has 6 nitrogen and oxygen atoms in total. The van der Waals surface area contributed by atoms with Gasteiger partial charge in [-0.15, -0.1) is 0 Å². The molecular weight excluding hydrogens is 332 g/mol. The monoisotopic (exact) mass is 370 g/mol. The number of hydrogen-bond acceptors (Lipinski definition) is 5. The quantitative estimate of drug-likeness (QED) is 0.407. The molecule has 0 atom stereocenters. The van der Waals surface area contributed by atoms with Crippen LogP contribution in [0.25, 0.3) is 0 Å². The van der Waals surface area contributed by atoms with Crippen LogP contribution in [0.4, 0.5) is 0 Å². The Hall–Kier alpha value is -1.27. The first-order valence-corrected chi connectivity index (χ1v) is 10.1. The molecule has 152 valence electrons. The van der Waals surface area contributed by atoms with E-state index in [0.29, 0.717) is 50.3 Å². The summed E-state index contributed by atoms with van der Waals surface area (Å²) < 4.78 is 5.08. The molecule has 1 rings (SSSR count). The number of Topliss-reactive ketones (excluding diaryl/α,β-unsaturated/α-hetero) is 1. The van der Waals surface area contributed by atoms with Crippen molar-refractivity contribution in [2.24, 2.45) is 5.92 Å². The van der Waals surface area contributed by atoms with Crippen LogP contribution in [-0.4, -0.2) is 50.8 Å². The van der Waals surface area contributed by atoms with Gasteiger partial charge in [-0.3, -0.25) is 9.59 Å². The second-order valence-electron chi connectivity index (χ2n) is 6.68. The Morgan fingerprint density at radius 3 is 2.35 bits per heavy atom. The predicted octanol–water partition coefficient (Wildman–Crippen LogP) is 2.64. The molecule has 0 unspecified atom stereocenters. The summed E-state index contributed by atoms with van der Waals surface area (Å²) in [5, 5.41) is 6.01. The fourth-order valence-electron chi connectivity index (χ4n) is 2.91. The van der Waals surface area contributed by atoms with E-state index in [1.165, 1.54) is 12.8 Å². The highest BCUT2D eigenvalue weighted by atomic mass is 16.5. The zero-order chi connectivity index (χ0) is 19.6. The van der Waals surface area contributed by atoms with Crippen molar-refractivity contribution in [2.75, 3.05) is 26.8 Å². The minimum atomic E-state index is 0.0748. The van der Waals surface area contributed by atoms with Gasteiger partial charge in [-0.25, -0.2) is 0 Å². The SMILES string of the molecule is CCC(=O)C1CCC(NC)CC1.CCCCC(=O)NCCOCCC=O. The maximum atomic E-state index is 11.3. The summed E-state index contributed by atoms with van der Waals surface area (Å²) in [6.07, 6.45) is 9.04. The first-order chi connectivity index (χ1) is 12.6. The number of ether oxygens (including phenoxy) is 1. The van der Waals surface area contributed by atoms with Crippen molar-refractivity contribution < 1.29 is 19.1 Å². The van der Waals surface area contributed by atoms with Gasteiger partial charge in [-0.2, -0.15) is 0 Å². The molecule has 0 aliphatic heterocycles. The number of hydrogen-bond donors (Lipinski definition) is 2. The van der Waals surface area contributed by atoms with Crippen LogP contribution < -0.4 is 10.6 Å². The Morgan fingerprint density at radius 1 is 1.12 bits per heavy atom. The van der Waals surface area contributed by atoms with E-state index >= 15 is 0 Å². The van der Waals surface area contributed by atoms with E-state index in [2.05, 4.69) is 17.6 Å². The van der Waals surface area contributed by atoms with E-state index in [9.17, 15) is 14.4 Å². The molecule has 1 fully saturated rings. The molecule has 1 aliphatic carbocycles. The molecule has 0 saturated heterocycles. The third-order valence-corrected chi connectivity index (χ3v) is 4.65. The Balaban J connectivity index is 0.000000485. The standard InChI is InChI=1S/C10H19NO3.C10H19NO/c1-2-3-5-10(13)11-6-9-14-8-4-7-12;1-3-10(12)8-4-6-9(11-2)7-5-8/h7H,2-6,8-9H2,1H3,(H,11,13);8-9,11H,3-7H2,1-2H3. The van der Waals surface area contributed by atoms with Crippen molar-refractivity contribution >= 4 is 18.0 Å². The fraction of sp³-hybridized carbons (Fsp3) is 0.850.